The Balaban J connectivity index is 1.13. The van der Waals surface area contributed by atoms with Gasteiger partial charge in [-0.05, 0) is 49.9 Å². The summed E-state index contributed by atoms with van der Waals surface area (Å²) in [6, 6.07) is 8.05. The number of hydrogen-bond donors (Lipinski definition) is 0. The van der Waals surface area contributed by atoms with Crippen molar-refractivity contribution in [2.24, 2.45) is 0 Å². The molecule has 4 heterocycles. The van der Waals surface area contributed by atoms with E-state index in [0.717, 1.165) is 31.7 Å². The summed E-state index contributed by atoms with van der Waals surface area (Å²) >= 11 is 14.3. The summed E-state index contributed by atoms with van der Waals surface area (Å²) in [6.45, 7) is 0. The van der Waals surface area contributed by atoms with Crippen LogP contribution in [0.3, 0.4) is 0 Å². The predicted molar refractivity (Wildman–Crippen MR) is 153 cm³/mol. The summed E-state index contributed by atoms with van der Waals surface area (Å²) in [5.41, 5.74) is 1.43. The second kappa shape index (κ2) is 10.3. The van der Waals surface area contributed by atoms with Gasteiger partial charge in [0.1, 0.15) is 22.9 Å². The van der Waals surface area contributed by atoms with Gasteiger partial charge < -0.3 is 18.9 Å². The first kappa shape index (κ1) is 26.7. The zero-order valence-electron chi connectivity index (χ0n) is 21.9. The molecule has 0 radical (unpaired) electrons. The molecule has 1 saturated carbocycles. The van der Waals surface area contributed by atoms with Gasteiger partial charge in [-0.15, -0.1) is 0 Å². The van der Waals surface area contributed by atoms with Crippen molar-refractivity contribution in [2.45, 2.75) is 62.6 Å². The first-order valence-electron chi connectivity index (χ1n) is 13.4. The number of benzene rings is 2. The molecule has 2 saturated heterocycles. The number of aromatic nitrogens is 2. The van der Waals surface area contributed by atoms with Crippen LogP contribution in [-0.2, 0) is 9.47 Å². The molecule has 7 rings (SSSR count). The van der Waals surface area contributed by atoms with Crippen molar-refractivity contribution in [1.29, 1.82) is 0 Å². The van der Waals surface area contributed by atoms with Crippen LogP contribution >= 0.6 is 34.5 Å². The minimum atomic E-state index is -0.596. The van der Waals surface area contributed by atoms with Crippen molar-refractivity contribution in [3.63, 3.8) is 0 Å². The van der Waals surface area contributed by atoms with Crippen molar-refractivity contribution in [3.05, 3.63) is 63.1 Å². The Bertz CT molecular complexity index is 1670. The number of hydrogen-bond acceptors (Lipinski definition) is 9. The zero-order valence-corrected chi connectivity index (χ0v) is 24.2. The highest BCUT2D eigenvalue weighted by Gasteiger charge is 2.45. The van der Waals surface area contributed by atoms with Crippen LogP contribution in [0.15, 0.2) is 34.9 Å². The lowest BCUT2D eigenvalue weighted by molar-refractivity contribution is 0.0202. The van der Waals surface area contributed by atoms with Crippen LogP contribution in [0.1, 0.15) is 70.9 Å². The van der Waals surface area contributed by atoms with Crippen LogP contribution in [0.25, 0.3) is 21.5 Å². The molecule has 0 spiro atoms. The molecule has 2 aromatic heterocycles. The first-order chi connectivity index (χ1) is 19.8. The average Bonchev–Trinajstić information content (AvgIpc) is 3.45. The van der Waals surface area contributed by atoms with Gasteiger partial charge in [0, 0.05) is 36.4 Å². The molecule has 0 amide bonds. The Morgan fingerprint density at radius 3 is 2.44 bits per heavy atom. The van der Waals surface area contributed by atoms with Crippen molar-refractivity contribution in [2.75, 3.05) is 12.0 Å². The number of ether oxygens (including phenoxy) is 2. The van der Waals surface area contributed by atoms with Crippen LogP contribution in [0.5, 0.6) is 0 Å². The molecule has 4 aromatic rings. The molecule has 41 heavy (non-hydrogen) atoms. The molecule has 2 bridgehead atoms. The minimum absolute atomic E-state index is 0.0816. The number of thiazole rings is 1. The van der Waals surface area contributed by atoms with E-state index in [9.17, 15) is 14.0 Å². The monoisotopic (exact) mass is 615 g/mol. The van der Waals surface area contributed by atoms with Gasteiger partial charge in [-0.1, -0.05) is 45.8 Å². The van der Waals surface area contributed by atoms with E-state index in [1.54, 1.807) is 24.3 Å². The summed E-state index contributed by atoms with van der Waals surface area (Å²) < 4.78 is 31.9. The molecule has 1 aliphatic carbocycles. The maximum Gasteiger partial charge on any atom is 0.344 e. The fourth-order valence-corrected chi connectivity index (χ4v) is 7.83. The smallest absolute Gasteiger partial charge is 0.344 e. The highest BCUT2D eigenvalue weighted by Crippen LogP contribution is 2.47. The number of methoxy groups -OCH3 is 1. The standard InChI is InChI=1S/C29H24Cl2FN3O5S/c1-38-27(36)14-9-20(32)24-21(10-14)41-29(33-24)35-15-7-8-16(35)12-17(11-15)39-28(37)23-25(34-40-26(23)13-5-6-13)22-18(30)3-2-4-19(22)31/h2-4,9-10,13,15-17H,5-8,11-12H2,1H3/t15-,16+,17-. The van der Waals surface area contributed by atoms with E-state index in [1.807, 2.05) is 0 Å². The Morgan fingerprint density at radius 1 is 1.07 bits per heavy atom. The second-order valence-corrected chi connectivity index (χ2v) is 12.5. The average molecular weight is 616 g/mol. The van der Waals surface area contributed by atoms with Crippen molar-refractivity contribution >= 4 is 61.8 Å². The number of rotatable bonds is 6. The Kier molecular flexibility index (Phi) is 6.67. The number of anilines is 1. The van der Waals surface area contributed by atoms with Gasteiger partial charge >= 0.3 is 11.9 Å². The molecule has 2 aromatic carbocycles. The number of carbonyl (C=O) groups is 2. The molecule has 3 aliphatic rings. The van der Waals surface area contributed by atoms with Gasteiger partial charge in [0.25, 0.3) is 0 Å². The summed E-state index contributed by atoms with van der Waals surface area (Å²) in [4.78, 5) is 32.5. The summed E-state index contributed by atoms with van der Waals surface area (Å²) in [6.07, 6.45) is 4.55. The number of halogens is 3. The van der Waals surface area contributed by atoms with Crippen LogP contribution in [0, 0.1) is 5.82 Å². The van der Waals surface area contributed by atoms with Gasteiger partial charge in [-0.3, -0.25) is 0 Å². The Morgan fingerprint density at radius 2 is 1.78 bits per heavy atom. The topological polar surface area (TPSA) is 94.8 Å². The third-order valence-electron chi connectivity index (χ3n) is 8.11. The quantitative estimate of drug-likeness (QED) is 0.207. The van der Waals surface area contributed by atoms with Crippen LogP contribution in [-0.4, -0.2) is 47.4 Å². The lowest BCUT2D eigenvalue weighted by Crippen LogP contribution is -2.46. The molecule has 12 heteroatoms. The number of carbonyl (C=O) groups excluding carboxylic acids is 2. The van der Waals surface area contributed by atoms with Gasteiger partial charge in [0.2, 0.25) is 0 Å². The van der Waals surface area contributed by atoms with E-state index < -0.39 is 17.8 Å². The third kappa shape index (κ3) is 4.66. The van der Waals surface area contributed by atoms with Gasteiger partial charge in [-0.2, -0.15) is 0 Å². The summed E-state index contributed by atoms with van der Waals surface area (Å²) in [5, 5.41) is 5.66. The van der Waals surface area contributed by atoms with Gasteiger partial charge in [0.05, 0.1) is 27.4 Å². The van der Waals surface area contributed by atoms with Crippen molar-refractivity contribution < 1.29 is 28.0 Å². The summed E-state index contributed by atoms with van der Waals surface area (Å²) in [7, 11) is 1.26. The van der Waals surface area contributed by atoms with Crippen LogP contribution in [0.4, 0.5) is 9.52 Å². The first-order valence-corrected chi connectivity index (χ1v) is 15.0. The van der Waals surface area contributed by atoms with E-state index in [-0.39, 0.29) is 35.2 Å². The maximum atomic E-state index is 14.8. The number of nitrogens with zero attached hydrogens (tertiary/aromatic N) is 3. The van der Waals surface area contributed by atoms with Gasteiger partial charge in [-0.25, -0.2) is 19.0 Å². The lowest BCUT2D eigenvalue weighted by Gasteiger charge is -2.38. The Labute approximate surface area is 248 Å². The normalized spacial score (nSPS) is 21.9. The third-order valence-corrected chi connectivity index (χ3v) is 9.76. The Hall–Kier alpha value is -3.21. The van der Waals surface area contributed by atoms with E-state index in [4.69, 9.17) is 37.2 Å². The van der Waals surface area contributed by atoms with Crippen molar-refractivity contribution in [3.8, 4) is 11.3 Å². The summed E-state index contributed by atoms with van der Waals surface area (Å²) in [5.74, 6) is -1.01. The van der Waals surface area contributed by atoms with E-state index in [1.165, 1.54) is 18.4 Å². The fraction of sp³-hybridized carbons (Fsp3) is 0.379. The highest BCUT2D eigenvalue weighted by atomic mass is 35.5. The molecule has 3 fully saturated rings. The minimum Gasteiger partial charge on any atom is -0.465 e. The molecular formula is C29H24Cl2FN3O5S. The van der Waals surface area contributed by atoms with Gasteiger partial charge in [0.15, 0.2) is 16.7 Å². The molecular weight excluding hydrogens is 592 g/mol. The molecule has 8 nitrogen and oxygen atoms in total. The van der Waals surface area contributed by atoms with Crippen LogP contribution < -0.4 is 4.90 Å². The molecule has 212 valence electrons. The number of piperidine rings is 1. The van der Waals surface area contributed by atoms with E-state index in [2.05, 4.69) is 15.0 Å². The van der Waals surface area contributed by atoms with E-state index in [0.29, 0.717) is 55.3 Å². The molecule has 3 atom stereocenters. The second-order valence-electron chi connectivity index (χ2n) is 10.7. The lowest BCUT2D eigenvalue weighted by atomic mass is 9.99. The zero-order chi connectivity index (χ0) is 28.4. The maximum absolute atomic E-state index is 14.8. The predicted octanol–water partition coefficient (Wildman–Crippen LogP) is 7.42. The van der Waals surface area contributed by atoms with E-state index >= 15 is 0 Å². The largest absolute Gasteiger partial charge is 0.465 e. The number of esters is 2. The fourth-order valence-electron chi connectivity index (χ4n) is 6.09. The molecule has 0 N–H and O–H groups in total. The van der Waals surface area contributed by atoms with Crippen LogP contribution in [0.2, 0.25) is 10.0 Å². The molecule has 2 aliphatic heterocycles. The highest BCUT2D eigenvalue weighted by molar-refractivity contribution is 7.22. The SMILES string of the molecule is COC(=O)c1cc(F)c2nc(N3[C@@H]4CC[C@H]3C[C@H](OC(=O)c3c(-c5c(Cl)cccc5Cl)noc3C3CC3)C4)sc2c1. The molecule has 0 unspecified atom stereocenters. The number of fused-ring (bicyclic) bond motifs is 3. The van der Waals surface area contributed by atoms with Crippen molar-refractivity contribution in [1.82, 2.24) is 10.1 Å².